The second kappa shape index (κ2) is 6.13. The van der Waals surface area contributed by atoms with Gasteiger partial charge in [0.15, 0.2) is 0 Å². The number of hydrogen-bond donors (Lipinski definition) is 3. The molecule has 1 aliphatic heterocycles. The molecule has 0 radical (unpaired) electrons. The van der Waals surface area contributed by atoms with Gasteiger partial charge in [0.2, 0.25) is 0 Å². The van der Waals surface area contributed by atoms with Crippen LogP contribution in [0.1, 0.15) is 37.0 Å². The zero-order valence-electron chi connectivity index (χ0n) is 12.2. The van der Waals surface area contributed by atoms with Crippen molar-refractivity contribution in [2.24, 2.45) is 0 Å². The molecule has 0 spiro atoms. The van der Waals surface area contributed by atoms with Crippen LogP contribution in [0.15, 0.2) is 24.3 Å². The van der Waals surface area contributed by atoms with Gasteiger partial charge < -0.3 is 20.5 Å². The largest absolute Gasteiger partial charge is 0.478 e. The molecule has 6 nitrogen and oxygen atoms in total. The van der Waals surface area contributed by atoms with E-state index < -0.39 is 12.0 Å². The van der Waals surface area contributed by atoms with E-state index in [1.165, 1.54) is 6.07 Å². The number of carboxylic acid groups (broad SMARTS) is 1. The summed E-state index contributed by atoms with van der Waals surface area (Å²) in [5.74, 6) is -1.07. The zero-order chi connectivity index (χ0) is 15.5. The van der Waals surface area contributed by atoms with Crippen LogP contribution in [-0.4, -0.2) is 35.4 Å². The van der Waals surface area contributed by atoms with Gasteiger partial charge in [0, 0.05) is 12.6 Å². The van der Waals surface area contributed by atoms with Crippen molar-refractivity contribution < 1.29 is 19.4 Å². The maximum absolute atomic E-state index is 12.0. The Morgan fingerprint density at radius 1 is 1.33 bits per heavy atom. The van der Waals surface area contributed by atoms with Gasteiger partial charge in [-0.2, -0.15) is 0 Å². The summed E-state index contributed by atoms with van der Waals surface area (Å²) in [7, 11) is 0. The van der Waals surface area contributed by atoms with E-state index in [0.717, 1.165) is 12.8 Å². The summed E-state index contributed by atoms with van der Waals surface area (Å²) in [6, 6.07) is 5.94. The molecule has 1 saturated heterocycles. The lowest BCUT2D eigenvalue weighted by atomic mass is 9.94. The lowest BCUT2D eigenvalue weighted by Gasteiger charge is -2.35. The number of rotatable bonds is 3. The van der Waals surface area contributed by atoms with Crippen LogP contribution in [0.5, 0.6) is 0 Å². The third-order valence-electron chi connectivity index (χ3n) is 3.44. The van der Waals surface area contributed by atoms with Crippen molar-refractivity contribution in [2.75, 3.05) is 11.9 Å². The number of ether oxygens (including phenoxy) is 1. The SMILES string of the molecule is CC1(C)CC(NC(=O)Nc2ccccc2C(=O)O)CCO1. The molecular weight excluding hydrogens is 272 g/mol. The molecule has 21 heavy (non-hydrogen) atoms. The molecule has 0 aromatic heterocycles. The van der Waals surface area contributed by atoms with Crippen molar-refractivity contribution in [3.8, 4) is 0 Å². The molecule has 1 heterocycles. The molecule has 1 aromatic rings. The van der Waals surface area contributed by atoms with Crippen LogP contribution in [-0.2, 0) is 4.74 Å². The molecule has 1 atom stereocenters. The van der Waals surface area contributed by atoms with Crippen molar-refractivity contribution in [2.45, 2.75) is 38.3 Å². The van der Waals surface area contributed by atoms with Crippen molar-refractivity contribution >= 4 is 17.7 Å². The average Bonchev–Trinajstić information content (AvgIpc) is 2.37. The quantitative estimate of drug-likeness (QED) is 0.798. The van der Waals surface area contributed by atoms with Crippen LogP contribution >= 0.6 is 0 Å². The van der Waals surface area contributed by atoms with Gasteiger partial charge in [-0.15, -0.1) is 0 Å². The normalized spacial score (nSPS) is 20.6. The second-order valence-electron chi connectivity index (χ2n) is 5.75. The summed E-state index contributed by atoms with van der Waals surface area (Å²) in [4.78, 5) is 23.1. The highest BCUT2D eigenvalue weighted by Gasteiger charge is 2.29. The van der Waals surface area contributed by atoms with E-state index >= 15 is 0 Å². The first-order valence-corrected chi connectivity index (χ1v) is 6.91. The predicted octanol–water partition coefficient (Wildman–Crippen LogP) is 2.46. The highest BCUT2D eigenvalue weighted by molar-refractivity contribution is 6.00. The maximum atomic E-state index is 12.0. The van der Waals surface area contributed by atoms with Crippen molar-refractivity contribution in [3.63, 3.8) is 0 Å². The number of amides is 2. The number of aromatic carboxylic acids is 1. The Morgan fingerprint density at radius 3 is 2.71 bits per heavy atom. The molecule has 2 amide bonds. The second-order valence-corrected chi connectivity index (χ2v) is 5.75. The highest BCUT2D eigenvalue weighted by Crippen LogP contribution is 2.24. The Bertz CT molecular complexity index is 542. The fraction of sp³-hybridized carbons (Fsp3) is 0.467. The number of urea groups is 1. The summed E-state index contributed by atoms with van der Waals surface area (Å²) < 4.78 is 5.60. The molecule has 0 bridgehead atoms. The van der Waals surface area contributed by atoms with Crippen molar-refractivity contribution in [1.29, 1.82) is 0 Å². The zero-order valence-corrected chi connectivity index (χ0v) is 12.2. The molecule has 0 aliphatic carbocycles. The first-order valence-electron chi connectivity index (χ1n) is 6.91. The molecule has 1 aromatic carbocycles. The summed E-state index contributed by atoms with van der Waals surface area (Å²) in [5, 5.41) is 14.5. The summed E-state index contributed by atoms with van der Waals surface area (Å²) >= 11 is 0. The first-order chi connectivity index (χ1) is 9.87. The van der Waals surface area contributed by atoms with Gasteiger partial charge in [-0.1, -0.05) is 12.1 Å². The van der Waals surface area contributed by atoms with Crippen LogP contribution in [0.25, 0.3) is 0 Å². The smallest absolute Gasteiger partial charge is 0.337 e. The number of anilines is 1. The minimum Gasteiger partial charge on any atom is -0.478 e. The number of carbonyl (C=O) groups is 2. The molecule has 114 valence electrons. The van der Waals surface area contributed by atoms with Gasteiger partial charge in [-0.3, -0.25) is 0 Å². The lowest BCUT2D eigenvalue weighted by Crippen LogP contribution is -2.47. The number of para-hydroxylation sites is 1. The fourth-order valence-electron chi connectivity index (χ4n) is 2.48. The third kappa shape index (κ3) is 4.19. The van der Waals surface area contributed by atoms with Crippen LogP contribution < -0.4 is 10.6 Å². The van der Waals surface area contributed by atoms with Crippen LogP contribution in [0.4, 0.5) is 10.5 Å². The molecule has 1 fully saturated rings. The Kier molecular flexibility index (Phi) is 4.47. The van der Waals surface area contributed by atoms with Crippen LogP contribution in [0, 0.1) is 0 Å². The van der Waals surface area contributed by atoms with E-state index in [-0.39, 0.29) is 22.9 Å². The summed E-state index contributed by atoms with van der Waals surface area (Å²) in [5.41, 5.74) is 0.101. The van der Waals surface area contributed by atoms with E-state index in [1.54, 1.807) is 18.2 Å². The number of hydrogen-bond acceptors (Lipinski definition) is 3. The number of nitrogens with one attached hydrogen (secondary N) is 2. The number of benzene rings is 1. The molecule has 1 unspecified atom stereocenters. The minimum absolute atomic E-state index is 0.0192. The fourth-order valence-corrected chi connectivity index (χ4v) is 2.48. The van der Waals surface area contributed by atoms with E-state index in [4.69, 9.17) is 9.84 Å². The van der Waals surface area contributed by atoms with Gasteiger partial charge in [0.1, 0.15) is 0 Å². The number of carboxylic acids is 1. The van der Waals surface area contributed by atoms with E-state index in [1.807, 2.05) is 13.8 Å². The predicted molar refractivity (Wildman–Crippen MR) is 78.6 cm³/mol. The third-order valence-corrected chi connectivity index (χ3v) is 3.44. The van der Waals surface area contributed by atoms with Crippen molar-refractivity contribution in [1.82, 2.24) is 5.32 Å². The molecule has 1 aliphatic rings. The standard InChI is InChI=1S/C15H20N2O4/c1-15(2)9-10(7-8-21-15)16-14(20)17-12-6-4-3-5-11(12)13(18)19/h3-6,10H,7-9H2,1-2H3,(H,18,19)(H2,16,17,20). The summed E-state index contributed by atoms with van der Waals surface area (Å²) in [6.45, 7) is 4.57. The van der Waals surface area contributed by atoms with Gasteiger partial charge >= 0.3 is 12.0 Å². The molecule has 0 saturated carbocycles. The van der Waals surface area contributed by atoms with Gasteiger partial charge in [0.05, 0.1) is 16.9 Å². The first kappa shape index (κ1) is 15.3. The Hall–Kier alpha value is -2.08. The monoisotopic (exact) mass is 292 g/mol. The van der Waals surface area contributed by atoms with E-state index in [2.05, 4.69) is 10.6 Å². The molecule has 2 rings (SSSR count). The minimum atomic E-state index is -1.07. The maximum Gasteiger partial charge on any atom is 0.337 e. The molecule has 6 heteroatoms. The Balaban J connectivity index is 1.98. The van der Waals surface area contributed by atoms with Crippen LogP contribution in [0.2, 0.25) is 0 Å². The van der Waals surface area contributed by atoms with Gasteiger partial charge in [-0.25, -0.2) is 9.59 Å². The topological polar surface area (TPSA) is 87.7 Å². The number of carbonyl (C=O) groups excluding carboxylic acids is 1. The van der Waals surface area contributed by atoms with Gasteiger partial charge in [0.25, 0.3) is 0 Å². The van der Waals surface area contributed by atoms with E-state index in [0.29, 0.717) is 6.61 Å². The highest BCUT2D eigenvalue weighted by atomic mass is 16.5. The molecule has 3 N–H and O–H groups in total. The lowest BCUT2D eigenvalue weighted by molar-refractivity contribution is -0.0609. The van der Waals surface area contributed by atoms with E-state index in [9.17, 15) is 9.59 Å². The molecular formula is C15H20N2O4. The van der Waals surface area contributed by atoms with Crippen molar-refractivity contribution in [3.05, 3.63) is 29.8 Å². The average molecular weight is 292 g/mol. The van der Waals surface area contributed by atoms with Gasteiger partial charge in [-0.05, 0) is 38.8 Å². The van der Waals surface area contributed by atoms with Crippen LogP contribution in [0.3, 0.4) is 0 Å². The Labute approximate surface area is 123 Å². The summed E-state index contributed by atoms with van der Waals surface area (Å²) in [6.07, 6.45) is 1.47. The Morgan fingerprint density at radius 2 is 2.05 bits per heavy atom.